The molecule has 0 bridgehead atoms. The highest BCUT2D eigenvalue weighted by molar-refractivity contribution is 7.98. The van der Waals surface area contributed by atoms with E-state index < -0.39 is 0 Å². The monoisotopic (exact) mass is 268 g/mol. The minimum Gasteiger partial charge on any atom is -0.495 e. The number of rotatable bonds is 8. The minimum atomic E-state index is 0.918. The molecule has 0 radical (unpaired) electrons. The number of nitrogens with one attached hydrogen (secondary N) is 1. The lowest BCUT2D eigenvalue weighted by Crippen LogP contribution is -2.11. The van der Waals surface area contributed by atoms with E-state index in [0.29, 0.717) is 0 Å². The van der Waals surface area contributed by atoms with E-state index in [-0.39, 0.29) is 0 Å². The Labute approximate surface area is 115 Å². The maximum atomic E-state index is 5.38. The van der Waals surface area contributed by atoms with Crippen LogP contribution in [0.2, 0.25) is 0 Å². The highest BCUT2D eigenvalue weighted by atomic mass is 32.2. The average Bonchev–Trinajstić information content (AvgIpc) is 2.34. The third-order valence-electron chi connectivity index (χ3n) is 2.60. The summed E-state index contributed by atoms with van der Waals surface area (Å²) < 4.78 is 5.38. The molecule has 0 spiro atoms. The van der Waals surface area contributed by atoms with Crippen LogP contribution in [0.15, 0.2) is 18.2 Å². The van der Waals surface area contributed by atoms with Gasteiger partial charge in [-0.3, -0.25) is 0 Å². The van der Waals surface area contributed by atoms with Crippen molar-refractivity contribution in [2.24, 2.45) is 0 Å². The van der Waals surface area contributed by atoms with E-state index in [1.165, 1.54) is 17.7 Å². The van der Waals surface area contributed by atoms with Crippen molar-refractivity contribution in [3.63, 3.8) is 0 Å². The molecular formula is C14H24N2OS. The fraction of sp³-hybridized carbons (Fsp3) is 0.571. The van der Waals surface area contributed by atoms with Crippen LogP contribution in [0.3, 0.4) is 0 Å². The topological polar surface area (TPSA) is 24.5 Å². The Bertz CT molecular complexity index is 356. The van der Waals surface area contributed by atoms with Crippen LogP contribution in [-0.4, -0.2) is 44.7 Å². The molecule has 0 aromatic heterocycles. The van der Waals surface area contributed by atoms with Gasteiger partial charge in [0.1, 0.15) is 5.75 Å². The number of methoxy groups -OCH3 is 1. The van der Waals surface area contributed by atoms with Crippen molar-refractivity contribution < 1.29 is 4.74 Å². The third kappa shape index (κ3) is 5.19. The summed E-state index contributed by atoms with van der Waals surface area (Å²) in [6.45, 7) is 1.94. The van der Waals surface area contributed by atoms with E-state index in [1.807, 2.05) is 17.8 Å². The van der Waals surface area contributed by atoms with E-state index in [4.69, 9.17) is 4.74 Å². The first-order valence-electron chi connectivity index (χ1n) is 6.22. The number of hydrogen-bond acceptors (Lipinski definition) is 4. The van der Waals surface area contributed by atoms with Crippen LogP contribution in [0.5, 0.6) is 5.75 Å². The molecule has 0 aliphatic carbocycles. The smallest absolute Gasteiger partial charge is 0.141 e. The van der Waals surface area contributed by atoms with Gasteiger partial charge in [-0.15, -0.1) is 0 Å². The van der Waals surface area contributed by atoms with Gasteiger partial charge in [0, 0.05) is 13.1 Å². The SMILES string of the molecule is COc1ccc(CN(C)C)cc1NCCCSC. The molecule has 0 saturated heterocycles. The highest BCUT2D eigenvalue weighted by Gasteiger charge is 2.04. The van der Waals surface area contributed by atoms with Crippen molar-refractivity contribution >= 4 is 17.4 Å². The summed E-state index contributed by atoms with van der Waals surface area (Å²) in [7, 11) is 5.87. The third-order valence-corrected chi connectivity index (χ3v) is 3.30. The molecule has 1 aromatic carbocycles. The fourth-order valence-corrected chi connectivity index (χ4v) is 2.23. The molecular weight excluding hydrogens is 244 g/mol. The van der Waals surface area contributed by atoms with E-state index in [9.17, 15) is 0 Å². The number of hydrogen-bond donors (Lipinski definition) is 1. The minimum absolute atomic E-state index is 0.918. The Hall–Kier alpha value is -0.870. The number of ether oxygens (including phenoxy) is 1. The molecule has 18 heavy (non-hydrogen) atoms. The second kappa shape index (κ2) is 8.27. The summed E-state index contributed by atoms with van der Waals surface area (Å²) in [6, 6.07) is 6.33. The Morgan fingerprint density at radius 1 is 1.33 bits per heavy atom. The summed E-state index contributed by atoms with van der Waals surface area (Å²) in [5.41, 5.74) is 2.39. The first kappa shape index (κ1) is 15.2. The Balaban J connectivity index is 2.66. The predicted octanol–water partition coefficient (Wildman–Crippen LogP) is 2.92. The van der Waals surface area contributed by atoms with Crippen LogP contribution in [-0.2, 0) is 6.54 Å². The first-order chi connectivity index (χ1) is 8.67. The fourth-order valence-electron chi connectivity index (χ4n) is 1.80. The standard InChI is InChI=1S/C14H24N2OS/c1-16(2)11-12-6-7-14(17-3)13(10-12)15-8-5-9-18-4/h6-7,10,15H,5,8-9,11H2,1-4H3. The van der Waals surface area contributed by atoms with Gasteiger partial charge in [0.2, 0.25) is 0 Å². The molecule has 1 aromatic rings. The van der Waals surface area contributed by atoms with Crippen molar-refractivity contribution in [1.82, 2.24) is 4.90 Å². The molecule has 4 heteroatoms. The van der Waals surface area contributed by atoms with Crippen LogP contribution in [0.25, 0.3) is 0 Å². The maximum Gasteiger partial charge on any atom is 0.141 e. The molecule has 0 atom stereocenters. The van der Waals surface area contributed by atoms with E-state index in [2.05, 4.69) is 42.7 Å². The largest absolute Gasteiger partial charge is 0.495 e. The van der Waals surface area contributed by atoms with Crippen LogP contribution < -0.4 is 10.1 Å². The molecule has 0 aliphatic heterocycles. The van der Waals surface area contributed by atoms with Gasteiger partial charge in [-0.1, -0.05) is 6.07 Å². The van der Waals surface area contributed by atoms with Crippen molar-refractivity contribution in [1.29, 1.82) is 0 Å². The second-order valence-electron chi connectivity index (χ2n) is 4.55. The van der Waals surface area contributed by atoms with Gasteiger partial charge >= 0.3 is 0 Å². The molecule has 0 aliphatic rings. The van der Waals surface area contributed by atoms with E-state index >= 15 is 0 Å². The first-order valence-corrected chi connectivity index (χ1v) is 7.61. The summed E-state index contributed by atoms with van der Waals surface area (Å²) in [5, 5.41) is 3.46. The quantitative estimate of drug-likeness (QED) is 0.733. The molecule has 1 N–H and O–H groups in total. The predicted molar refractivity (Wildman–Crippen MR) is 81.9 cm³/mol. The molecule has 0 unspecified atom stereocenters. The van der Waals surface area contributed by atoms with E-state index in [0.717, 1.165) is 24.5 Å². The second-order valence-corrected chi connectivity index (χ2v) is 5.53. The van der Waals surface area contributed by atoms with Gasteiger partial charge in [0.15, 0.2) is 0 Å². The van der Waals surface area contributed by atoms with Crippen molar-refractivity contribution in [3.8, 4) is 5.75 Å². The molecule has 1 rings (SSSR count). The molecule has 0 heterocycles. The van der Waals surface area contributed by atoms with Crippen LogP contribution >= 0.6 is 11.8 Å². The summed E-state index contributed by atoms with van der Waals surface area (Å²) in [6.07, 6.45) is 3.31. The van der Waals surface area contributed by atoms with Gasteiger partial charge in [-0.2, -0.15) is 11.8 Å². The van der Waals surface area contributed by atoms with Crippen LogP contribution in [0.4, 0.5) is 5.69 Å². The zero-order chi connectivity index (χ0) is 13.4. The summed E-state index contributed by atoms with van der Waals surface area (Å²) in [5.74, 6) is 2.11. The highest BCUT2D eigenvalue weighted by Crippen LogP contribution is 2.25. The molecule has 0 amide bonds. The van der Waals surface area contributed by atoms with Crippen LogP contribution in [0, 0.1) is 0 Å². The normalized spacial score (nSPS) is 10.7. The molecule has 0 fully saturated rings. The molecule has 0 saturated carbocycles. The molecule has 102 valence electrons. The Morgan fingerprint density at radius 3 is 2.72 bits per heavy atom. The Morgan fingerprint density at radius 2 is 2.11 bits per heavy atom. The van der Waals surface area contributed by atoms with Gasteiger partial charge < -0.3 is 15.0 Å². The van der Waals surface area contributed by atoms with Crippen molar-refractivity contribution in [3.05, 3.63) is 23.8 Å². The summed E-state index contributed by atoms with van der Waals surface area (Å²) >= 11 is 1.88. The van der Waals surface area contributed by atoms with Crippen LogP contribution in [0.1, 0.15) is 12.0 Å². The number of anilines is 1. The number of thioether (sulfide) groups is 1. The number of nitrogens with zero attached hydrogens (tertiary/aromatic N) is 1. The maximum absolute atomic E-state index is 5.38. The van der Waals surface area contributed by atoms with Crippen molar-refractivity contribution in [2.45, 2.75) is 13.0 Å². The van der Waals surface area contributed by atoms with Gasteiger partial charge in [-0.25, -0.2) is 0 Å². The molecule has 3 nitrogen and oxygen atoms in total. The Kier molecular flexibility index (Phi) is 6.98. The lowest BCUT2D eigenvalue weighted by Gasteiger charge is -2.15. The van der Waals surface area contributed by atoms with Crippen molar-refractivity contribution in [2.75, 3.05) is 45.1 Å². The zero-order valence-electron chi connectivity index (χ0n) is 11.8. The van der Waals surface area contributed by atoms with Gasteiger partial charge in [-0.05, 0) is 50.2 Å². The average molecular weight is 268 g/mol. The lowest BCUT2D eigenvalue weighted by molar-refractivity contribution is 0.400. The number of benzene rings is 1. The van der Waals surface area contributed by atoms with E-state index in [1.54, 1.807) is 7.11 Å². The van der Waals surface area contributed by atoms with Gasteiger partial charge in [0.05, 0.1) is 12.8 Å². The van der Waals surface area contributed by atoms with Gasteiger partial charge in [0.25, 0.3) is 0 Å². The zero-order valence-corrected chi connectivity index (χ0v) is 12.6. The summed E-state index contributed by atoms with van der Waals surface area (Å²) in [4.78, 5) is 2.17. The lowest BCUT2D eigenvalue weighted by atomic mass is 10.1.